The van der Waals surface area contributed by atoms with Gasteiger partial charge < -0.3 is 9.80 Å². The van der Waals surface area contributed by atoms with Gasteiger partial charge in [0.15, 0.2) is 0 Å². The van der Waals surface area contributed by atoms with Gasteiger partial charge in [-0.2, -0.15) is 0 Å². The van der Waals surface area contributed by atoms with Crippen molar-refractivity contribution in [3.8, 4) is 0 Å². The number of unbranched alkanes of at least 4 members (excludes halogenated alkanes) is 1. The summed E-state index contributed by atoms with van der Waals surface area (Å²) in [7, 11) is 0. The van der Waals surface area contributed by atoms with Gasteiger partial charge in [-0.1, -0.05) is 50.6 Å². The van der Waals surface area contributed by atoms with E-state index < -0.39 is 0 Å². The maximum atomic E-state index is 13.2. The highest BCUT2D eigenvalue weighted by molar-refractivity contribution is 7.19. The first kappa shape index (κ1) is 23.0. The number of amides is 1. The molecule has 184 valence electrons. The zero-order valence-corrected chi connectivity index (χ0v) is 21.8. The minimum absolute atomic E-state index is 0.168. The molecule has 0 radical (unpaired) electrons. The van der Waals surface area contributed by atoms with Crippen LogP contribution in [0.5, 0.6) is 0 Å². The number of hydrogen-bond donors (Lipinski definition) is 0. The third kappa shape index (κ3) is 4.46. The highest BCUT2D eigenvalue weighted by Crippen LogP contribution is 2.48. The van der Waals surface area contributed by atoms with Crippen LogP contribution in [-0.4, -0.2) is 47.0 Å². The number of anilines is 1. The van der Waals surface area contributed by atoms with Gasteiger partial charge >= 0.3 is 0 Å². The van der Waals surface area contributed by atoms with Crippen LogP contribution < -0.4 is 4.90 Å². The number of nitrogens with zero attached hydrogens (tertiary/aromatic N) is 4. The Labute approximate surface area is 212 Å². The van der Waals surface area contributed by atoms with Crippen LogP contribution in [0.3, 0.4) is 0 Å². The van der Waals surface area contributed by atoms with Crippen LogP contribution >= 0.6 is 11.3 Å². The molecule has 3 heterocycles. The van der Waals surface area contributed by atoms with Crippen LogP contribution in [-0.2, 0) is 24.1 Å². The van der Waals surface area contributed by atoms with Crippen LogP contribution in [0.1, 0.15) is 67.3 Å². The molecule has 2 unspecified atom stereocenters. The number of aryl methyl sites for hydroxylation is 2. The van der Waals surface area contributed by atoms with E-state index >= 15 is 0 Å². The first-order chi connectivity index (χ1) is 17.1. The molecule has 35 heavy (non-hydrogen) atoms. The largest absolute Gasteiger partial charge is 0.352 e. The van der Waals surface area contributed by atoms with Crippen molar-refractivity contribution in [2.75, 3.05) is 31.1 Å². The third-order valence-electron chi connectivity index (χ3n) is 8.16. The van der Waals surface area contributed by atoms with Crippen molar-refractivity contribution in [1.82, 2.24) is 14.9 Å². The van der Waals surface area contributed by atoms with Crippen LogP contribution in [0.4, 0.5) is 5.82 Å². The van der Waals surface area contributed by atoms with Crippen molar-refractivity contribution in [1.29, 1.82) is 0 Å². The Morgan fingerprint density at radius 1 is 1.11 bits per heavy atom. The van der Waals surface area contributed by atoms with E-state index in [1.807, 2.05) is 17.4 Å². The lowest BCUT2D eigenvalue weighted by molar-refractivity contribution is -0.133. The first-order valence-corrected chi connectivity index (χ1v) is 14.3. The second-order valence-corrected chi connectivity index (χ2v) is 11.9. The summed E-state index contributed by atoms with van der Waals surface area (Å²) in [6.07, 6.45) is 7.78. The summed E-state index contributed by atoms with van der Waals surface area (Å²) in [5, 5.41) is 1.31. The number of fused-ring (bicyclic) bond motifs is 3. The number of carbonyl (C=O) groups is 1. The van der Waals surface area contributed by atoms with E-state index in [1.165, 1.54) is 39.1 Å². The maximum absolute atomic E-state index is 13.2. The number of piperazine rings is 1. The number of aromatic nitrogens is 2. The predicted molar refractivity (Wildman–Crippen MR) is 143 cm³/mol. The standard InChI is InChI=1S/C29H36N4OS/c1-3-4-10-25-30-27(26-21-12-11-19(2)17-24(21)35-28(26)31-25)32-13-15-33(16-14-32)29(34)23-18-22(23)20-8-6-5-7-9-20/h5-9,19,22-23H,3-4,10-18H2,1-2H3/t19?,22-,23?/m0/s1. The topological polar surface area (TPSA) is 49.3 Å². The lowest BCUT2D eigenvalue weighted by Gasteiger charge is -2.36. The average molecular weight is 489 g/mol. The van der Waals surface area contributed by atoms with Gasteiger partial charge in [0.1, 0.15) is 16.5 Å². The molecule has 2 aromatic heterocycles. The quantitative estimate of drug-likeness (QED) is 0.452. The van der Waals surface area contributed by atoms with Gasteiger partial charge in [0.05, 0.1) is 5.39 Å². The summed E-state index contributed by atoms with van der Waals surface area (Å²) in [6.45, 7) is 7.88. The summed E-state index contributed by atoms with van der Waals surface area (Å²) in [5.74, 6) is 3.79. The number of benzene rings is 1. The van der Waals surface area contributed by atoms with Crippen LogP contribution in [0, 0.1) is 11.8 Å². The smallest absolute Gasteiger partial charge is 0.226 e. The first-order valence-electron chi connectivity index (χ1n) is 13.5. The molecule has 1 saturated carbocycles. The Balaban J connectivity index is 1.21. The van der Waals surface area contributed by atoms with Gasteiger partial charge in [0.25, 0.3) is 0 Å². The number of carbonyl (C=O) groups excluding carboxylic acids is 1. The Kier molecular flexibility index (Phi) is 6.25. The van der Waals surface area contributed by atoms with Crippen molar-refractivity contribution in [3.63, 3.8) is 0 Å². The van der Waals surface area contributed by atoms with E-state index in [0.29, 0.717) is 11.8 Å². The van der Waals surface area contributed by atoms with Gasteiger partial charge in [-0.25, -0.2) is 9.97 Å². The molecule has 1 aromatic carbocycles. The van der Waals surface area contributed by atoms with Crippen LogP contribution in [0.25, 0.3) is 10.2 Å². The molecule has 3 atom stereocenters. The molecule has 6 heteroatoms. The SMILES string of the molecule is CCCCc1nc(N2CCN(C(=O)C3C[C@H]3c3ccccc3)CC2)c2c3c(sc2n1)CC(C)CC3. The normalized spacial score (nSPS) is 24.0. The average Bonchev–Trinajstić information content (AvgIpc) is 3.61. The van der Waals surface area contributed by atoms with Gasteiger partial charge in [-0.05, 0) is 55.1 Å². The lowest BCUT2D eigenvalue weighted by Crippen LogP contribution is -2.49. The van der Waals surface area contributed by atoms with E-state index in [-0.39, 0.29) is 5.92 Å². The van der Waals surface area contributed by atoms with E-state index in [9.17, 15) is 4.79 Å². The molecule has 0 spiro atoms. The molecule has 2 aliphatic carbocycles. The minimum atomic E-state index is 0.168. The van der Waals surface area contributed by atoms with Crippen LogP contribution in [0.2, 0.25) is 0 Å². The Bertz CT molecular complexity index is 1210. The maximum Gasteiger partial charge on any atom is 0.226 e. The zero-order valence-electron chi connectivity index (χ0n) is 21.0. The van der Waals surface area contributed by atoms with Gasteiger partial charge in [0.2, 0.25) is 5.91 Å². The summed E-state index contributed by atoms with van der Waals surface area (Å²) >= 11 is 1.90. The molecule has 3 aliphatic rings. The molecule has 0 N–H and O–H groups in total. The van der Waals surface area contributed by atoms with Crippen molar-refractivity contribution >= 4 is 33.3 Å². The fourth-order valence-electron chi connectivity index (χ4n) is 5.95. The Hall–Kier alpha value is -2.47. The number of hydrogen-bond acceptors (Lipinski definition) is 5. The molecule has 2 fully saturated rings. The van der Waals surface area contributed by atoms with E-state index in [2.05, 4.69) is 47.9 Å². The van der Waals surface area contributed by atoms with Gasteiger partial charge in [-0.3, -0.25) is 4.79 Å². The summed E-state index contributed by atoms with van der Waals surface area (Å²) in [5.41, 5.74) is 2.81. The zero-order chi connectivity index (χ0) is 23.9. The van der Waals surface area contributed by atoms with Crippen LogP contribution in [0.15, 0.2) is 30.3 Å². The molecular weight excluding hydrogens is 452 g/mol. The Morgan fingerprint density at radius 2 is 1.91 bits per heavy atom. The predicted octanol–water partition coefficient (Wildman–Crippen LogP) is 5.61. The summed E-state index contributed by atoms with van der Waals surface area (Å²) < 4.78 is 0. The minimum Gasteiger partial charge on any atom is -0.352 e. The fourth-order valence-corrected chi connectivity index (χ4v) is 7.35. The lowest BCUT2D eigenvalue weighted by atomic mass is 9.89. The van der Waals surface area contributed by atoms with Crippen molar-refractivity contribution in [2.24, 2.45) is 11.8 Å². The van der Waals surface area contributed by atoms with Crippen molar-refractivity contribution in [3.05, 3.63) is 52.2 Å². The monoisotopic (exact) mass is 488 g/mol. The number of thiophene rings is 1. The molecule has 6 rings (SSSR count). The summed E-state index contributed by atoms with van der Waals surface area (Å²) in [6, 6.07) is 10.5. The molecule has 1 saturated heterocycles. The highest BCUT2D eigenvalue weighted by Gasteiger charge is 2.46. The van der Waals surface area contributed by atoms with Gasteiger partial charge in [0, 0.05) is 43.4 Å². The molecular formula is C29H36N4OS. The van der Waals surface area contributed by atoms with Crippen molar-refractivity contribution < 1.29 is 4.79 Å². The third-order valence-corrected chi connectivity index (χ3v) is 9.31. The summed E-state index contributed by atoms with van der Waals surface area (Å²) in [4.78, 5) is 30.7. The molecule has 3 aromatic rings. The highest BCUT2D eigenvalue weighted by atomic mass is 32.1. The Morgan fingerprint density at radius 3 is 2.69 bits per heavy atom. The van der Waals surface area contributed by atoms with Crippen molar-refractivity contribution in [2.45, 2.75) is 64.7 Å². The molecule has 1 amide bonds. The fraction of sp³-hybridized carbons (Fsp3) is 0.552. The second kappa shape index (κ2) is 9.53. The molecule has 5 nitrogen and oxygen atoms in total. The molecule has 0 bridgehead atoms. The van der Waals surface area contributed by atoms with E-state index in [0.717, 1.165) is 75.8 Å². The second-order valence-electron chi connectivity index (χ2n) is 10.8. The number of rotatable bonds is 6. The van der Waals surface area contributed by atoms with E-state index in [1.54, 1.807) is 0 Å². The molecule has 1 aliphatic heterocycles. The van der Waals surface area contributed by atoms with E-state index in [4.69, 9.17) is 9.97 Å². The van der Waals surface area contributed by atoms with Gasteiger partial charge in [-0.15, -0.1) is 11.3 Å².